The highest BCUT2D eigenvalue weighted by Crippen LogP contribution is 2.42. The van der Waals surface area contributed by atoms with Crippen LogP contribution in [0.2, 0.25) is 16.6 Å². The van der Waals surface area contributed by atoms with Gasteiger partial charge in [-0.1, -0.05) is 41.5 Å². The average Bonchev–Trinajstić information content (AvgIpc) is 2.35. The summed E-state index contributed by atoms with van der Waals surface area (Å²) in [6, 6.07) is 7.17. The highest BCUT2D eigenvalue weighted by Gasteiger charge is 2.46. The van der Waals surface area contributed by atoms with Crippen LogP contribution < -0.4 is 9.74 Å². The quantitative estimate of drug-likeness (QED) is 0.698. The van der Waals surface area contributed by atoms with Gasteiger partial charge in [-0.15, -0.1) is 0 Å². The Morgan fingerprint density at radius 1 is 1.00 bits per heavy atom. The van der Waals surface area contributed by atoms with Gasteiger partial charge >= 0.3 is 6.09 Å². The Morgan fingerprint density at radius 3 is 1.76 bits per heavy atom. The van der Waals surface area contributed by atoms with Crippen LogP contribution in [0, 0.1) is 0 Å². The van der Waals surface area contributed by atoms with E-state index in [1.165, 1.54) is 0 Å². The molecule has 4 nitrogen and oxygen atoms in total. The van der Waals surface area contributed by atoms with Crippen molar-refractivity contribution in [1.29, 1.82) is 0 Å². The summed E-state index contributed by atoms with van der Waals surface area (Å²) < 4.78 is 6.51. The van der Waals surface area contributed by atoms with Crippen LogP contribution in [0.4, 0.5) is 10.5 Å². The Balaban J connectivity index is 3.01. The second-order valence-corrected chi connectivity index (χ2v) is 11.7. The first-order valence-electron chi connectivity index (χ1n) is 7.49. The molecule has 0 aliphatic heterocycles. The normalized spacial score (nSPS) is 12.0. The Hall–Kier alpha value is -1.49. The molecule has 0 saturated carbocycles. The molecular weight excluding hydrogens is 282 g/mol. The van der Waals surface area contributed by atoms with Crippen LogP contribution in [0.1, 0.15) is 41.5 Å². The summed E-state index contributed by atoms with van der Waals surface area (Å²) >= 11 is 0. The molecular formula is C16H27NO3Si. The van der Waals surface area contributed by atoms with Gasteiger partial charge in [-0.3, -0.25) is 5.32 Å². The van der Waals surface area contributed by atoms with Crippen molar-refractivity contribution in [2.45, 2.75) is 58.2 Å². The third-order valence-electron chi connectivity index (χ3n) is 4.11. The molecule has 5 heteroatoms. The standard InChI is InChI=1S/C16H27NO3Si/c1-11(2)21(12(3)4,13(5)6)20-15-9-7-14(8-10-15)17-16(18)19/h7-13,17H,1-6H3,(H,18,19). The zero-order valence-corrected chi connectivity index (χ0v) is 14.8. The number of carbonyl (C=O) groups is 1. The van der Waals surface area contributed by atoms with E-state index in [-0.39, 0.29) is 0 Å². The molecule has 2 N–H and O–H groups in total. The maximum absolute atomic E-state index is 10.6. The highest BCUT2D eigenvalue weighted by atomic mass is 28.4. The van der Waals surface area contributed by atoms with Crippen molar-refractivity contribution in [2.24, 2.45) is 0 Å². The second kappa shape index (κ2) is 6.98. The van der Waals surface area contributed by atoms with Gasteiger partial charge in [-0.05, 0) is 40.9 Å². The molecule has 1 aromatic carbocycles. The summed E-state index contributed by atoms with van der Waals surface area (Å²) in [5, 5.41) is 11.0. The van der Waals surface area contributed by atoms with Crippen LogP contribution in [-0.4, -0.2) is 19.5 Å². The van der Waals surface area contributed by atoms with Gasteiger partial charge in [0.05, 0.1) is 0 Å². The lowest BCUT2D eigenvalue weighted by molar-refractivity contribution is 0.209. The Labute approximate surface area is 128 Å². The fourth-order valence-electron chi connectivity index (χ4n) is 3.29. The SMILES string of the molecule is CC(C)[Si](Oc1ccc(NC(=O)O)cc1)(C(C)C)C(C)C. The number of hydrogen-bond donors (Lipinski definition) is 2. The minimum atomic E-state index is -1.95. The maximum Gasteiger partial charge on any atom is 0.409 e. The molecule has 0 bridgehead atoms. The topological polar surface area (TPSA) is 58.6 Å². The fourth-order valence-corrected chi connectivity index (χ4v) is 8.54. The van der Waals surface area contributed by atoms with Crippen molar-refractivity contribution < 1.29 is 14.3 Å². The van der Waals surface area contributed by atoms with Crippen LogP contribution in [-0.2, 0) is 0 Å². The molecule has 0 unspecified atom stereocenters. The second-order valence-electron chi connectivity index (χ2n) is 6.37. The lowest BCUT2D eigenvalue weighted by atomic mass is 10.3. The smallest absolute Gasteiger partial charge is 0.409 e. The first-order valence-corrected chi connectivity index (χ1v) is 9.63. The van der Waals surface area contributed by atoms with Gasteiger partial charge in [0, 0.05) is 5.69 Å². The minimum absolute atomic E-state index is 0.509. The van der Waals surface area contributed by atoms with E-state index in [9.17, 15) is 4.79 Å². The molecule has 0 heterocycles. The van der Waals surface area contributed by atoms with Crippen molar-refractivity contribution in [1.82, 2.24) is 0 Å². The molecule has 0 atom stereocenters. The first-order chi connectivity index (χ1) is 9.70. The molecule has 118 valence electrons. The van der Waals surface area contributed by atoms with E-state index < -0.39 is 14.4 Å². The van der Waals surface area contributed by atoms with Crippen LogP contribution in [0.5, 0.6) is 5.75 Å². The lowest BCUT2D eigenvalue weighted by Crippen LogP contribution is -2.50. The molecule has 1 amide bonds. The highest BCUT2D eigenvalue weighted by molar-refractivity contribution is 6.78. The third kappa shape index (κ3) is 4.00. The maximum atomic E-state index is 10.6. The van der Waals surface area contributed by atoms with Gasteiger partial charge in [0.15, 0.2) is 0 Å². The van der Waals surface area contributed by atoms with Crippen molar-refractivity contribution in [3.8, 4) is 5.75 Å². The molecule has 0 saturated heterocycles. The van der Waals surface area contributed by atoms with Crippen LogP contribution in [0.3, 0.4) is 0 Å². The number of nitrogens with one attached hydrogen (secondary N) is 1. The van der Waals surface area contributed by atoms with Gasteiger partial charge in [0.2, 0.25) is 0 Å². The molecule has 0 aromatic heterocycles. The molecule has 0 aliphatic rings. The summed E-state index contributed by atoms with van der Waals surface area (Å²) in [7, 11) is -1.95. The Kier molecular flexibility index (Phi) is 5.84. The van der Waals surface area contributed by atoms with Crippen LogP contribution >= 0.6 is 0 Å². The van der Waals surface area contributed by atoms with E-state index in [0.717, 1.165) is 5.75 Å². The molecule has 21 heavy (non-hydrogen) atoms. The Bertz CT molecular complexity index is 447. The Morgan fingerprint density at radius 2 is 1.43 bits per heavy atom. The molecule has 1 aromatic rings. The lowest BCUT2D eigenvalue weighted by Gasteiger charge is -2.42. The van der Waals surface area contributed by atoms with Gasteiger partial charge in [-0.25, -0.2) is 4.79 Å². The first kappa shape index (κ1) is 17.6. The van der Waals surface area contributed by atoms with E-state index >= 15 is 0 Å². The molecule has 0 fully saturated rings. The summed E-state index contributed by atoms with van der Waals surface area (Å²) in [5.41, 5.74) is 2.08. The number of carboxylic acid groups (broad SMARTS) is 1. The summed E-state index contributed by atoms with van der Waals surface area (Å²) in [5.74, 6) is 0.828. The molecule has 0 radical (unpaired) electrons. The van der Waals surface area contributed by atoms with Crippen molar-refractivity contribution >= 4 is 20.1 Å². The zero-order chi connectivity index (χ0) is 16.2. The van der Waals surface area contributed by atoms with Crippen molar-refractivity contribution in [2.75, 3.05) is 5.32 Å². The average molecular weight is 309 g/mol. The number of anilines is 1. The minimum Gasteiger partial charge on any atom is -0.543 e. The summed E-state index contributed by atoms with van der Waals surface area (Å²) in [6.45, 7) is 13.5. The largest absolute Gasteiger partial charge is 0.543 e. The predicted molar refractivity (Wildman–Crippen MR) is 89.8 cm³/mol. The summed E-state index contributed by atoms with van der Waals surface area (Å²) in [6.07, 6.45) is -1.06. The van der Waals surface area contributed by atoms with Crippen LogP contribution in [0.25, 0.3) is 0 Å². The number of benzene rings is 1. The number of amides is 1. The molecule has 0 spiro atoms. The van der Waals surface area contributed by atoms with Gasteiger partial charge < -0.3 is 9.53 Å². The van der Waals surface area contributed by atoms with E-state index in [1.54, 1.807) is 12.1 Å². The van der Waals surface area contributed by atoms with E-state index in [2.05, 4.69) is 46.9 Å². The number of rotatable bonds is 6. The van der Waals surface area contributed by atoms with Crippen molar-refractivity contribution in [3.63, 3.8) is 0 Å². The van der Waals surface area contributed by atoms with Crippen molar-refractivity contribution in [3.05, 3.63) is 24.3 Å². The van der Waals surface area contributed by atoms with E-state index in [0.29, 0.717) is 22.3 Å². The zero-order valence-electron chi connectivity index (χ0n) is 13.8. The van der Waals surface area contributed by atoms with E-state index in [4.69, 9.17) is 9.53 Å². The summed E-state index contributed by atoms with van der Waals surface area (Å²) in [4.78, 5) is 10.6. The molecule has 1 rings (SSSR count). The van der Waals surface area contributed by atoms with Crippen LogP contribution in [0.15, 0.2) is 24.3 Å². The van der Waals surface area contributed by atoms with E-state index in [1.807, 2.05) is 12.1 Å². The monoisotopic (exact) mass is 309 g/mol. The van der Waals surface area contributed by atoms with Gasteiger partial charge in [0.25, 0.3) is 8.32 Å². The molecule has 0 aliphatic carbocycles. The third-order valence-corrected chi connectivity index (χ3v) is 10.1. The number of hydrogen-bond acceptors (Lipinski definition) is 2. The van der Waals surface area contributed by atoms with Gasteiger partial charge in [-0.2, -0.15) is 0 Å². The predicted octanol–water partition coefficient (Wildman–Crippen LogP) is 5.33. The fraction of sp³-hybridized carbons (Fsp3) is 0.562. The van der Waals surface area contributed by atoms with Gasteiger partial charge in [0.1, 0.15) is 5.75 Å².